The molecule has 1 aromatic carbocycles. The number of nitrogens with zero attached hydrogens (tertiary/aromatic N) is 2. The quantitative estimate of drug-likeness (QED) is 0.679. The van der Waals surface area contributed by atoms with E-state index in [0.717, 1.165) is 5.56 Å². The first-order valence-electron chi connectivity index (χ1n) is 5.18. The van der Waals surface area contributed by atoms with Gasteiger partial charge in [0.2, 0.25) is 0 Å². The van der Waals surface area contributed by atoms with Crippen LogP contribution in [0.25, 0.3) is 11.3 Å². The Morgan fingerprint density at radius 3 is 2.67 bits per heavy atom. The summed E-state index contributed by atoms with van der Waals surface area (Å²) in [5, 5.41) is 4.86. The van der Waals surface area contributed by atoms with Gasteiger partial charge in [-0.15, -0.1) is 6.42 Å². The van der Waals surface area contributed by atoms with Gasteiger partial charge in [0, 0.05) is 10.6 Å². The smallest absolute Gasteiger partial charge is 0.156 e. The topological polar surface area (TPSA) is 60.9 Å². The Morgan fingerprint density at radius 1 is 1.44 bits per heavy atom. The van der Waals surface area contributed by atoms with E-state index in [0.29, 0.717) is 22.6 Å². The molecule has 0 saturated heterocycles. The highest BCUT2D eigenvalue weighted by Crippen LogP contribution is 2.26. The van der Waals surface area contributed by atoms with Crippen molar-refractivity contribution in [2.45, 2.75) is 6.54 Å². The minimum absolute atomic E-state index is 0.222. The van der Waals surface area contributed by atoms with Crippen LogP contribution >= 0.6 is 11.6 Å². The first-order chi connectivity index (χ1) is 8.67. The maximum atomic E-state index is 11.1. The summed E-state index contributed by atoms with van der Waals surface area (Å²) in [6.07, 6.45) is 5.90. The molecule has 0 aliphatic heterocycles. The van der Waals surface area contributed by atoms with Gasteiger partial charge in [-0.25, -0.2) is 4.68 Å². The number of nitrogens with two attached hydrogens (primary N) is 1. The SMILES string of the molecule is C#CCn1nc(-c2ccc(Cl)cc2)c(C=O)c1N. The molecule has 0 atom stereocenters. The van der Waals surface area contributed by atoms with Gasteiger partial charge < -0.3 is 5.73 Å². The Balaban J connectivity index is 2.57. The molecule has 1 aromatic heterocycles. The normalized spacial score (nSPS) is 10.0. The van der Waals surface area contributed by atoms with E-state index in [1.54, 1.807) is 24.3 Å². The van der Waals surface area contributed by atoms with Crippen molar-refractivity contribution in [3.05, 3.63) is 34.9 Å². The summed E-state index contributed by atoms with van der Waals surface area (Å²) in [6, 6.07) is 7.00. The number of halogens is 1. The number of aromatic nitrogens is 2. The van der Waals surface area contributed by atoms with Gasteiger partial charge in [-0.05, 0) is 12.1 Å². The lowest BCUT2D eigenvalue weighted by Gasteiger charge is -1.97. The van der Waals surface area contributed by atoms with E-state index >= 15 is 0 Å². The number of terminal acetylenes is 1. The van der Waals surface area contributed by atoms with E-state index in [-0.39, 0.29) is 12.4 Å². The first-order valence-corrected chi connectivity index (χ1v) is 5.56. The largest absolute Gasteiger partial charge is 0.383 e. The Hall–Kier alpha value is -2.25. The molecule has 0 radical (unpaired) electrons. The molecule has 0 fully saturated rings. The molecule has 0 spiro atoms. The van der Waals surface area contributed by atoms with Crippen LogP contribution in [0.4, 0.5) is 5.82 Å². The molecule has 4 nitrogen and oxygen atoms in total. The number of rotatable bonds is 3. The summed E-state index contributed by atoms with van der Waals surface area (Å²) in [4.78, 5) is 11.1. The Labute approximate surface area is 109 Å². The highest BCUT2D eigenvalue weighted by molar-refractivity contribution is 6.30. The summed E-state index contributed by atoms with van der Waals surface area (Å²) in [5.41, 5.74) is 7.43. The molecular weight excluding hydrogens is 250 g/mol. The zero-order valence-electron chi connectivity index (χ0n) is 9.43. The minimum Gasteiger partial charge on any atom is -0.383 e. The number of anilines is 1. The van der Waals surface area contributed by atoms with Gasteiger partial charge in [-0.3, -0.25) is 4.79 Å². The van der Waals surface area contributed by atoms with Gasteiger partial charge in [0.15, 0.2) is 6.29 Å². The van der Waals surface area contributed by atoms with Crippen LogP contribution in [-0.2, 0) is 6.54 Å². The van der Waals surface area contributed by atoms with E-state index in [1.807, 2.05) is 0 Å². The van der Waals surface area contributed by atoms with Gasteiger partial charge in [0.05, 0.1) is 5.56 Å². The third kappa shape index (κ3) is 2.08. The van der Waals surface area contributed by atoms with Crippen molar-refractivity contribution < 1.29 is 4.79 Å². The van der Waals surface area contributed by atoms with Gasteiger partial charge in [0.25, 0.3) is 0 Å². The number of carbonyl (C=O) groups is 1. The van der Waals surface area contributed by atoms with Crippen LogP contribution in [0.1, 0.15) is 10.4 Å². The van der Waals surface area contributed by atoms with E-state index in [2.05, 4.69) is 11.0 Å². The highest BCUT2D eigenvalue weighted by atomic mass is 35.5. The average molecular weight is 260 g/mol. The van der Waals surface area contributed by atoms with E-state index in [1.165, 1.54) is 4.68 Å². The predicted octanol–water partition coefficient (Wildman–Crippen LogP) is 2.23. The van der Waals surface area contributed by atoms with Gasteiger partial charge in [-0.2, -0.15) is 5.10 Å². The van der Waals surface area contributed by atoms with E-state index in [9.17, 15) is 4.79 Å². The average Bonchev–Trinajstić information content (AvgIpc) is 2.68. The van der Waals surface area contributed by atoms with Gasteiger partial charge >= 0.3 is 0 Å². The second-order valence-electron chi connectivity index (χ2n) is 3.63. The van der Waals surface area contributed by atoms with Crippen molar-refractivity contribution in [2.24, 2.45) is 0 Å². The third-order valence-corrected chi connectivity index (χ3v) is 2.76. The van der Waals surface area contributed by atoms with E-state index in [4.69, 9.17) is 23.8 Å². The molecule has 0 aliphatic rings. The molecule has 0 amide bonds. The second kappa shape index (κ2) is 4.94. The van der Waals surface area contributed by atoms with Crippen LogP contribution in [0, 0.1) is 12.3 Å². The highest BCUT2D eigenvalue weighted by Gasteiger charge is 2.15. The predicted molar refractivity (Wildman–Crippen MR) is 71.3 cm³/mol. The number of carbonyl (C=O) groups excluding carboxylic acids is 1. The minimum atomic E-state index is 0.222. The molecule has 0 unspecified atom stereocenters. The van der Waals surface area contributed by atoms with Crippen molar-refractivity contribution in [1.82, 2.24) is 9.78 Å². The molecule has 18 heavy (non-hydrogen) atoms. The van der Waals surface area contributed by atoms with Crippen LogP contribution in [0.2, 0.25) is 5.02 Å². The van der Waals surface area contributed by atoms with E-state index < -0.39 is 0 Å². The molecule has 5 heteroatoms. The summed E-state index contributed by atoms with van der Waals surface area (Å²) < 4.78 is 1.42. The lowest BCUT2D eigenvalue weighted by Crippen LogP contribution is -2.03. The molecule has 0 bridgehead atoms. The number of nitrogen functional groups attached to an aromatic ring is 1. The summed E-state index contributed by atoms with van der Waals surface area (Å²) >= 11 is 5.81. The molecular formula is C13H10ClN3O. The van der Waals surface area contributed by atoms with Crippen LogP contribution in [-0.4, -0.2) is 16.1 Å². The Bertz CT molecular complexity index is 623. The molecule has 2 N–H and O–H groups in total. The van der Waals surface area contributed by atoms with Crippen LogP contribution in [0.3, 0.4) is 0 Å². The van der Waals surface area contributed by atoms with Crippen molar-refractivity contribution >= 4 is 23.7 Å². The lowest BCUT2D eigenvalue weighted by molar-refractivity contribution is 0.112. The Morgan fingerprint density at radius 2 is 2.11 bits per heavy atom. The fourth-order valence-electron chi connectivity index (χ4n) is 1.63. The molecule has 0 saturated carbocycles. The second-order valence-corrected chi connectivity index (χ2v) is 4.07. The third-order valence-electron chi connectivity index (χ3n) is 2.51. The lowest BCUT2D eigenvalue weighted by atomic mass is 10.1. The van der Waals surface area contributed by atoms with Crippen LogP contribution < -0.4 is 5.73 Å². The molecule has 90 valence electrons. The zero-order chi connectivity index (χ0) is 13.1. The standard InChI is InChI=1S/C13H10ClN3O/c1-2-7-17-13(15)11(8-18)12(16-17)9-3-5-10(14)6-4-9/h1,3-6,8H,7,15H2. The summed E-state index contributed by atoms with van der Waals surface area (Å²) in [7, 11) is 0. The van der Waals surface area contributed by atoms with Crippen molar-refractivity contribution in [1.29, 1.82) is 0 Å². The number of benzene rings is 1. The van der Waals surface area contributed by atoms with Crippen LogP contribution in [0.5, 0.6) is 0 Å². The summed E-state index contributed by atoms with van der Waals surface area (Å²) in [5.74, 6) is 2.70. The van der Waals surface area contributed by atoms with Crippen LogP contribution in [0.15, 0.2) is 24.3 Å². The van der Waals surface area contributed by atoms with Crippen molar-refractivity contribution in [3.8, 4) is 23.6 Å². The number of hydrogen-bond acceptors (Lipinski definition) is 3. The molecule has 2 rings (SSSR count). The fraction of sp³-hybridized carbons (Fsp3) is 0.0769. The van der Waals surface area contributed by atoms with Crippen molar-refractivity contribution in [2.75, 3.05) is 5.73 Å². The van der Waals surface area contributed by atoms with Crippen molar-refractivity contribution in [3.63, 3.8) is 0 Å². The molecule has 2 aromatic rings. The van der Waals surface area contributed by atoms with Gasteiger partial charge in [-0.1, -0.05) is 29.7 Å². The number of hydrogen-bond donors (Lipinski definition) is 1. The maximum absolute atomic E-state index is 11.1. The number of aldehydes is 1. The Kier molecular flexibility index (Phi) is 3.35. The first kappa shape index (κ1) is 12.2. The fourth-order valence-corrected chi connectivity index (χ4v) is 1.76. The summed E-state index contributed by atoms with van der Waals surface area (Å²) in [6.45, 7) is 0.222. The maximum Gasteiger partial charge on any atom is 0.156 e. The molecule has 1 heterocycles. The molecule has 0 aliphatic carbocycles. The zero-order valence-corrected chi connectivity index (χ0v) is 10.2. The monoisotopic (exact) mass is 259 g/mol. The van der Waals surface area contributed by atoms with Gasteiger partial charge in [0.1, 0.15) is 18.1 Å².